The lowest BCUT2D eigenvalue weighted by Crippen LogP contribution is -2.40. The molecule has 6 nitrogen and oxygen atoms in total. The number of carboxylic acids is 1. The Morgan fingerprint density at radius 3 is 2.24 bits per heavy atom. The molecule has 1 atom stereocenters. The third kappa shape index (κ3) is 5.35. The van der Waals surface area contributed by atoms with E-state index >= 15 is 0 Å². The van der Waals surface area contributed by atoms with Crippen molar-refractivity contribution in [1.82, 2.24) is 4.72 Å². The lowest BCUT2D eigenvalue weighted by atomic mass is 10.0. The molecule has 1 aromatic rings. The summed E-state index contributed by atoms with van der Waals surface area (Å²) in [5.74, 6) is -0.339. The molecule has 7 heteroatoms. The molecule has 0 aliphatic carbocycles. The Bertz CT molecular complexity index is 566. The van der Waals surface area contributed by atoms with Gasteiger partial charge in [-0.1, -0.05) is 13.8 Å². The molecule has 0 saturated carbocycles. The molecular formula is C14H21NO5S. The molecular weight excluding hydrogens is 294 g/mol. The Kier molecular flexibility index (Phi) is 6.17. The van der Waals surface area contributed by atoms with Gasteiger partial charge in [0.1, 0.15) is 11.8 Å². The first-order valence-corrected chi connectivity index (χ1v) is 8.13. The number of nitrogens with one attached hydrogen (secondary N) is 1. The van der Waals surface area contributed by atoms with Crippen LogP contribution in [0.5, 0.6) is 5.75 Å². The minimum absolute atomic E-state index is 0.0131. The number of methoxy groups -OCH3 is 1. The molecule has 0 aliphatic rings. The van der Waals surface area contributed by atoms with Gasteiger partial charge in [0.2, 0.25) is 10.0 Å². The van der Waals surface area contributed by atoms with Crippen LogP contribution in [0.25, 0.3) is 0 Å². The molecule has 0 fully saturated rings. The van der Waals surface area contributed by atoms with E-state index in [0.717, 1.165) is 0 Å². The predicted octanol–water partition coefficient (Wildman–Crippen LogP) is 1.86. The Morgan fingerprint density at radius 2 is 1.81 bits per heavy atom. The SMILES string of the molecule is COc1ccc(S(=O)(=O)NC(CCC(C)C)C(=O)O)cc1. The van der Waals surface area contributed by atoms with Crippen LogP contribution in [0, 0.1) is 5.92 Å². The fraction of sp³-hybridized carbons (Fsp3) is 0.500. The molecule has 0 aliphatic heterocycles. The zero-order chi connectivity index (χ0) is 16.0. The Hall–Kier alpha value is -1.60. The summed E-state index contributed by atoms with van der Waals surface area (Å²) in [6, 6.07) is 4.65. The number of sulfonamides is 1. The summed E-state index contributed by atoms with van der Waals surface area (Å²) in [5.41, 5.74) is 0. The molecule has 1 rings (SSSR count). The van der Waals surface area contributed by atoms with E-state index in [9.17, 15) is 13.2 Å². The average Bonchev–Trinajstić information content (AvgIpc) is 2.43. The topological polar surface area (TPSA) is 92.7 Å². The van der Waals surface area contributed by atoms with Gasteiger partial charge in [0.15, 0.2) is 0 Å². The highest BCUT2D eigenvalue weighted by molar-refractivity contribution is 7.89. The maximum Gasteiger partial charge on any atom is 0.321 e. The van der Waals surface area contributed by atoms with Crippen molar-refractivity contribution in [2.24, 2.45) is 5.92 Å². The highest BCUT2D eigenvalue weighted by Gasteiger charge is 2.25. The second-order valence-electron chi connectivity index (χ2n) is 5.16. The summed E-state index contributed by atoms with van der Waals surface area (Å²) < 4.78 is 31.5. The summed E-state index contributed by atoms with van der Waals surface area (Å²) in [6.45, 7) is 3.91. The van der Waals surface area contributed by atoms with E-state index in [-0.39, 0.29) is 11.3 Å². The minimum Gasteiger partial charge on any atom is -0.497 e. The lowest BCUT2D eigenvalue weighted by molar-refractivity contribution is -0.139. The second-order valence-corrected chi connectivity index (χ2v) is 6.87. The van der Waals surface area contributed by atoms with Crippen LogP contribution in [0.15, 0.2) is 29.2 Å². The first-order valence-electron chi connectivity index (χ1n) is 6.65. The van der Waals surface area contributed by atoms with Crippen LogP contribution in [0.3, 0.4) is 0 Å². The largest absolute Gasteiger partial charge is 0.497 e. The fourth-order valence-corrected chi connectivity index (χ4v) is 2.97. The number of carbonyl (C=O) groups is 1. The third-order valence-corrected chi connectivity index (χ3v) is 4.49. The van der Waals surface area contributed by atoms with Crippen LogP contribution in [-0.2, 0) is 14.8 Å². The Morgan fingerprint density at radius 1 is 1.24 bits per heavy atom. The van der Waals surface area contributed by atoms with Crippen LogP contribution < -0.4 is 9.46 Å². The highest BCUT2D eigenvalue weighted by Crippen LogP contribution is 2.16. The van der Waals surface area contributed by atoms with Gasteiger partial charge in [0, 0.05) is 0 Å². The summed E-state index contributed by atoms with van der Waals surface area (Å²) in [7, 11) is -2.38. The van der Waals surface area contributed by atoms with E-state index < -0.39 is 22.0 Å². The number of hydrogen-bond donors (Lipinski definition) is 2. The van der Waals surface area contributed by atoms with Crippen LogP contribution in [0.2, 0.25) is 0 Å². The van der Waals surface area contributed by atoms with Gasteiger partial charge < -0.3 is 9.84 Å². The maximum absolute atomic E-state index is 12.2. The van der Waals surface area contributed by atoms with Gasteiger partial charge in [-0.25, -0.2) is 8.42 Å². The van der Waals surface area contributed by atoms with E-state index in [0.29, 0.717) is 18.1 Å². The van der Waals surface area contributed by atoms with Crippen molar-refractivity contribution < 1.29 is 23.1 Å². The monoisotopic (exact) mass is 315 g/mol. The number of hydrogen-bond acceptors (Lipinski definition) is 4. The van der Waals surface area contributed by atoms with Crippen molar-refractivity contribution in [3.63, 3.8) is 0 Å². The molecule has 2 N–H and O–H groups in total. The van der Waals surface area contributed by atoms with Crippen molar-refractivity contribution in [3.8, 4) is 5.75 Å². The van der Waals surface area contributed by atoms with Crippen molar-refractivity contribution >= 4 is 16.0 Å². The van der Waals surface area contributed by atoms with Crippen LogP contribution in [0.1, 0.15) is 26.7 Å². The van der Waals surface area contributed by atoms with Crippen LogP contribution in [-0.4, -0.2) is 32.6 Å². The van der Waals surface area contributed by atoms with Gasteiger partial charge in [-0.15, -0.1) is 0 Å². The summed E-state index contributed by atoms with van der Waals surface area (Å²) >= 11 is 0. The van der Waals surface area contributed by atoms with Crippen LogP contribution in [0.4, 0.5) is 0 Å². The number of benzene rings is 1. The number of aliphatic carboxylic acids is 1. The van der Waals surface area contributed by atoms with E-state index in [1.807, 2.05) is 13.8 Å². The molecule has 0 saturated heterocycles. The van der Waals surface area contributed by atoms with Gasteiger partial charge in [0.05, 0.1) is 12.0 Å². The molecule has 0 amide bonds. The molecule has 0 heterocycles. The van der Waals surface area contributed by atoms with Crippen molar-refractivity contribution in [1.29, 1.82) is 0 Å². The molecule has 118 valence electrons. The molecule has 1 unspecified atom stereocenters. The summed E-state index contributed by atoms with van der Waals surface area (Å²) in [4.78, 5) is 11.2. The second kappa shape index (κ2) is 7.42. The molecule has 1 aromatic carbocycles. The standard InChI is InChI=1S/C14H21NO5S/c1-10(2)4-9-13(14(16)17)15-21(18,19)12-7-5-11(20-3)6-8-12/h5-8,10,13,15H,4,9H2,1-3H3,(H,16,17). The lowest BCUT2D eigenvalue weighted by Gasteiger charge is -2.16. The van der Waals surface area contributed by atoms with Gasteiger partial charge in [-0.2, -0.15) is 4.72 Å². The molecule has 21 heavy (non-hydrogen) atoms. The zero-order valence-electron chi connectivity index (χ0n) is 12.4. The van der Waals surface area contributed by atoms with Crippen molar-refractivity contribution in [2.45, 2.75) is 37.6 Å². The number of rotatable bonds is 8. The third-order valence-electron chi connectivity index (χ3n) is 3.00. The first kappa shape index (κ1) is 17.5. The average molecular weight is 315 g/mol. The van der Waals surface area contributed by atoms with Crippen molar-refractivity contribution in [2.75, 3.05) is 7.11 Å². The van der Waals surface area contributed by atoms with Gasteiger partial charge in [0.25, 0.3) is 0 Å². The Balaban J connectivity index is 2.86. The molecule has 0 spiro atoms. The Labute approximate surface area is 125 Å². The number of ether oxygens (including phenoxy) is 1. The number of carboxylic acid groups (broad SMARTS) is 1. The minimum atomic E-state index is -3.86. The van der Waals surface area contributed by atoms with Crippen LogP contribution >= 0.6 is 0 Å². The van der Waals surface area contributed by atoms with Gasteiger partial charge in [-0.05, 0) is 43.0 Å². The predicted molar refractivity (Wildman–Crippen MR) is 78.8 cm³/mol. The molecule has 0 radical (unpaired) electrons. The maximum atomic E-state index is 12.2. The fourth-order valence-electron chi connectivity index (χ4n) is 1.74. The van der Waals surface area contributed by atoms with Gasteiger partial charge in [-0.3, -0.25) is 4.79 Å². The molecule has 0 bridgehead atoms. The van der Waals surface area contributed by atoms with E-state index in [2.05, 4.69) is 4.72 Å². The highest BCUT2D eigenvalue weighted by atomic mass is 32.2. The van der Waals surface area contributed by atoms with E-state index in [1.165, 1.54) is 31.4 Å². The van der Waals surface area contributed by atoms with E-state index in [1.54, 1.807) is 0 Å². The van der Waals surface area contributed by atoms with Crippen molar-refractivity contribution in [3.05, 3.63) is 24.3 Å². The van der Waals surface area contributed by atoms with Gasteiger partial charge >= 0.3 is 5.97 Å². The summed E-state index contributed by atoms with van der Waals surface area (Å²) in [6.07, 6.45) is 0.879. The smallest absolute Gasteiger partial charge is 0.321 e. The zero-order valence-corrected chi connectivity index (χ0v) is 13.2. The normalized spacial score (nSPS) is 13.1. The van der Waals surface area contributed by atoms with E-state index in [4.69, 9.17) is 9.84 Å². The quantitative estimate of drug-likeness (QED) is 0.764. The molecule has 0 aromatic heterocycles. The summed E-state index contributed by atoms with van der Waals surface area (Å²) in [5, 5.41) is 9.13. The first-order chi connectivity index (χ1) is 9.76.